The lowest BCUT2D eigenvalue weighted by Gasteiger charge is -2.15. The molecule has 0 saturated carbocycles. The predicted octanol–water partition coefficient (Wildman–Crippen LogP) is 4.64. The summed E-state index contributed by atoms with van der Waals surface area (Å²) in [5.74, 6) is -0.158. The van der Waals surface area contributed by atoms with Crippen LogP contribution in [0, 0.1) is 12.7 Å². The molecule has 0 fully saturated rings. The summed E-state index contributed by atoms with van der Waals surface area (Å²) in [6, 6.07) is 13.2. The Labute approximate surface area is 118 Å². The third-order valence-corrected chi connectivity index (χ3v) is 3.43. The third kappa shape index (κ3) is 3.79. The van der Waals surface area contributed by atoms with E-state index in [0.29, 0.717) is 12.1 Å². The summed E-state index contributed by atoms with van der Waals surface area (Å²) in [7, 11) is 0. The summed E-state index contributed by atoms with van der Waals surface area (Å²) < 4.78 is 13.4. The van der Waals surface area contributed by atoms with Gasteiger partial charge in [0, 0.05) is 17.6 Å². The molecule has 0 spiro atoms. The standard InChI is InChI=1S/C16H17ClFN/c1-11-6-7-13(8-16(11)18)10-19-12(2)14-4-3-5-15(17)9-14/h3-9,12,19H,10H2,1-2H3/t12-/m0/s1. The van der Waals surface area contributed by atoms with E-state index >= 15 is 0 Å². The van der Waals surface area contributed by atoms with Crippen molar-refractivity contribution in [3.05, 3.63) is 70.0 Å². The molecule has 1 N–H and O–H groups in total. The molecule has 0 bridgehead atoms. The number of halogens is 2. The molecule has 100 valence electrons. The molecule has 19 heavy (non-hydrogen) atoms. The molecule has 0 aliphatic rings. The van der Waals surface area contributed by atoms with E-state index in [9.17, 15) is 4.39 Å². The van der Waals surface area contributed by atoms with E-state index in [-0.39, 0.29) is 11.9 Å². The molecule has 0 aliphatic heterocycles. The highest BCUT2D eigenvalue weighted by molar-refractivity contribution is 6.30. The maximum absolute atomic E-state index is 13.4. The number of aryl methyl sites for hydroxylation is 1. The highest BCUT2D eigenvalue weighted by Crippen LogP contribution is 2.18. The van der Waals surface area contributed by atoms with Gasteiger partial charge in [0.15, 0.2) is 0 Å². The van der Waals surface area contributed by atoms with Crippen LogP contribution in [0.5, 0.6) is 0 Å². The topological polar surface area (TPSA) is 12.0 Å². The normalized spacial score (nSPS) is 12.4. The lowest BCUT2D eigenvalue weighted by Crippen LogP contribution is -2.18. The maximum atomic E-state index is 13.4. The van der Waals surface area contributed by atoms with E-state index in [1.807, 2.05) is 30.3 Å². The lowest BCUT2D eigenvalue weighted by atomic mass is 10.1. The van der Waals surface area contributed by atoms with Gasteiger partial charge in [-0.1, -0.05) is 35.9 Å². The Morgan fingerprint density at radius 3 is 2.68 bits per heavy atom. The molecule has 0 aliphatic carbocycles. The van der Waals surface area contributed by atoms with Gasteiger partial charge in [-0.05, 0) is 48.7 Å². The molecule has 0 radical (unpaired) electrons. The molecule has 2 rings (SSSR count). The van der Waals surface area contributed by atoms with E-state index in [0.717, 1.165) is 16.1 Å². The van der Waals surface area contributed by atoms with E-state index in [4.69, 9.17) is 11.6 Å². The fourth-order valence-electron chi connectivity index (χ4n) is 1.91. The number of rotatable bonds is 4. The van der Waals surface area contributed by atoms with Crippen molar-refractivity contribution in [3.63, 3.8) is 0 Å². The first-order valence-electron chi connectivity index (χ1n) is 6.30. The first-order chi connectivity index (χ1) is 9.06. The molecular formula is C16H17ClFN. The minimum absolute atomic E-state index is 0.158. The van der Waals surface area contributed by atoms with Crippen molar-refractivity contribution in [1.82, 2.24) is 5.32 Å². The Morgan fingerprint density at radius 1 is 1.21 bits per heavy atom. The van der Waals surface area contributed by atoms with Gasteiger partial charge in [0.05, 0.1) is 0 Å². The van der Waals surface area contributed by atoms with Gasteiger partial charge in [0.1, 0.15) is 5.82 Å². The molecule has 1 atom stereocenters. The van der Waals surface area contributed by atoms with Crippen molar-refractivity contribution in [2.24, 2.45) is 0 Å². The number of hydrogen-bond donors (Lipinski definition) is 1. The van der Waals surface area contributed by atoms with Crippen LogP contribution in [0.1, 0.15) is 29.7 Å². The molecule has 0 unspecified atom stereocenters. The van der Waals surface area contributed by atoms with Crippen molar-refractivity contribution in [1.29, 1.82) is 0 Å². The second kappa shape index (κ2) is 6.18. The van der Waals surface area contributed by atoms with Crippen molar-refractivity contribution in [2.45, 2.75) is 26.4 Å². The molecular weight excluding hydrogens is 261 g/mol. The zero-order valence-corrected chi connectivity index (χ0v) is 11.8. The average molecular weight is 278 g/mol. The minimum atomic E-state index is -0.158. The van der Waals surface area contributed by atoms with Crippen LogP contribution in [-0.4, -0.2) is 0 Å². The summed E-state index contributed by atoms with van der Waals surface area (Å²) in [4.78, 5) is 0. The maximum Gasteiger partial charge on any atom is 0.126 e. The van der Waals surface area contributed by atoms with Gasteiger partial charge in [-0.2, -0.15) is 0 Å². The molecule has 3 heteroatoms. The van der Waals surface area contributed by atoms with Crippen molar-refractivity contribution >= 4 is 11.6 Å². The monoisotopic (exact) mass is 277 g/mol. The quantitative estimate of drug-likeness (QED) is 0.858. The Bertz CT molecular complexity index is 568. The van der Waals surface area contributed by atoms with Crippen molar-refractivity contribution < 1.29 is 4.39 Å². The summed E-state index contributed by atoms with van der Waals surface area (Å²) in [5.41, 5.74) is 2.74. The van der Waals surface area contributed by atoms with Gasteiger partial charge in [0.2, 0.25) is 0 Å². The second-order valence-electron chi connectivity index (χ2n) is 4.74. The van der Waals surface area contributed by atoms with Gasteiger partial charge < -0.3 is 5.32 Å². The van der Waals surface area contributed by atoms with Crippen LogP contribution in [0.4, 0.5) is 4.39 Å². The Morgan fingerprint density at radius 2 is 2.00 bits per heavy atom. The highest BCUT2D eigenvalue weighted by atomic mass is 35.5. The zero-order valence-electron chi connectivity index (χ0n) is 11.1. The van der Waals surface area contributed by atoms with Gasteiger partial charge in [0.25, 0.3) is 0 Å². The van der Waals surface area contributed by atoms with E-state index in [1.54, 1.807) is 19.1 Å². The first-order valence-corrected chi connectivity index (χ1v) is 6.68. The Kier molecular flexibility index (Phi) is 4.56. The summed E-state index contributed by atoms with van der Waals surface area (Å²) in [6.07, 6.45) is 0. The van der Waals surface area contributed by atoms with E-state index in [1.165, 1.54) is 0 Å². The third-order valence-electron chi connectivity index (χ3n) is 3.20. The van der Waals surface area contributed by atoms with Crippen LogP contribution < -0.4 is 5.32 Å². The van der Waals surface area contributed by atoms with Gasteiger partial charge >= 0.3 is 0 Å². The zero-order chi connectivity index (χ0) is 13.8. The van der Waals surface area contributed by atoms with Gasteiger partial charge in [-0.25, -0.2) is 4.39 Å². The van der Waals surface area contributed by atoms with E-state index in [2.05, 4.69) is 12.2 Å². The molecule has 0 saturated heterocycles. The SMILES string of the molecule is Cc1ccc(CN[C@@H](C)c2cccc(Cl)c2)cc1F. The average Bonchev–Trinajstić information content (AvgIpc) is 2.40. The van der Waals surface area contributed by atoms with Crippen LogP contribution in [0.3, 0.4) is 0 Å². The fourth-order valence-corrected chi connectivity index (χ4v) is 2.11. The minimum Gasteiger partial charge on any atom is -0.306 e. The summed E-state index contributed by atoms with van der Waals surface area (Å²) in [6.45, 7) is 4.46. The molecule has 2 aromatic carbocycles. The predicted molar refractivity (Wildman–Crippen MR) is 77.8 cm³/mol. The van der Waals surface area contributed by atoms with Gasteiger partial charge in [-0.15, -0.1) is 0 Å². The number of hydrogen-bond acceptors (Lipinski definition) is 1. The van der Waals surface area contributed by atoms with Crippen LogP contribution in [0.15, 0.2) is 42.5 Å². The smallest absolute Gasteiger partial charge is 0.126 e. The molecule has 0 aromatic heterocycles. The summed E-state index contributed by atoms with van der Waals surface area (Å²) in [5, 5.41) is 4.09. The molecule has 0 amide bonds. The molecule has 1 nitrogen and oxygen atoms in total. The molecule has 2 aromatic rings. The molecule has 0 heterocycles. The van der Waals surface area contributed by atoms with Crippen LogP contribution in [0.25, 0.3) is 0 Å². The highest BCUT2D eigenvalue weighted by Gasteiger charge is 2.06. The van der Waals surface area contributed by atoms with Crippen LogP contribution in [-0.2, 0) is 6.54 Å². The number of nitrogens with one attached hydrogen (secondary N) is 1. The van der Waals surface area contributed by atoms with Crippen LogP contribution >= 0.6 is 11.6 Å². The largest absolute Gasteiger partial charge is 0.306 e. The lowest BCUT2D eigenvalue weighted by molar-refractivity contribution is 0.568. The number of benzene rings is 2. The van der Waals surface area contributed by atoms with Gasteiger partial charge in [-0.3, -0.25) is 0 Å². The van der Waals surface area contributed by atoms with Crippen molar-refractivity contribution in [2.75, 3.05) is 0 Å². The summed E-state index contributed by atoms with van der Waals surface area (Å²) >= 11 is 5.97. The van der Waals surface area contributed by atoms with E-state index < -0.39 is 0 Å². The first kappa shape index (κ1) is 14.0. The van der Waals surface area contributed by atoms with Crippen LogP contribution in [0.2, 0.25) is 5.02 Å². The Hall–Kier alpha value is -1.38. The fraction of sp³-hybridized carbons (Fsp3) is 0.250. The Balaban J connectivity index is 2.00. The van der Waals surface area contributed by atoms with Crippen molar-refractivity contribution in [3.8, 4) is 0 Å². The second-order valence-corrected chi connectivity index (χ2v) is 5.18.